The zero-order valence-electron chi connectivity index (χ0n) is 14.3. The van der Waals surface area contributed by atoms with Gasteiger partial charge in [0.15, 0.2) is 0 Å². The third-order valence-electron chi connectivity index (χ3n) is 5.01. The fourth-order valence-electron chi connectivity index (χ4n) is 3.74. The molecule has 1 aromatic rings. The van der Waals surface area contributed by atoms with Gasteiger partial charge in [-0.25, -0.2) is 0 Å². The average molecular weight is 337 g/mol. The first-order valence-corrected chi connectivity index (χ1v) is 9.90. The van der Waals surface area contributed by atoms with Crippen LogP contribution in [0.25, 0.3) is 0 Å². The molecule has 2 unspecified atom stereocenters. The number of amides is 1. The summed E-state index contributed by atoms with van der Waals surface area (Å²) in [4.78, 5) is 17.2. The molecule has 128 valence electrons. The molecule has 6 heteroatoms. The number of H-pyrrole nitrogens is 1. The molecule has 0 spiro atoms. The van der Waals surface area contributed by atoms with E-state index in [4.69, 9.17) is 0 Å². The molecule has 2 aliphatic heterocycles. The molecule has 0 aliphatic carbocycles. The lowest BCUT2D eigenvalue weighted by Gasteiger charge is -2.23. The minimum atomic E-state index is 0.0942. The smallest absolute Gasteiger partial charge is 0.274 e. The zero-order chi connectivity index (χ0) is 16.2. The van der Waals surface area contributed by atoms with Crippen molar-refractivity contribution in [2.75, 3.05) is 32.4 Å². The Balaban J connectivity index is 1.68. The van der Waals surface area contributed by atoms with Gasteiger partial charge in [0.25, 0.3) is 5.91 Å². The number of thioether (sulfide) groups is 1. The molecule has 3 heterocycles. The highest BCUT2D eigenvalue weighted by atomic mass is 32.2. The number of likely N-dealkylation sites (tertiary alicyclic amines) is 2. The van der Waals surface area contributed by atoms with E-state index in [1.807, 2.05) is 22.7 Å². The molecule has 23 heavy (non-hydrogen) atoms. The first-order valence-electron chi connectivity index (χ1n) is 8.85. The number of nitrogens with zero attached hydrogens (tertiary/aromatic N) is 3. The van der Waals surface area contributed by atoms with E-state index in [0.29, 0.717) is 17.0 Å². The van der Waals surface area contributed by atoms with Crippen LogP contribution in [-0.2, 0) is 0 Å². The Kier molecular flexibility index (Phi) is 5.64. The lowest BCUT2D eigenvalue weighted by molar-refractivity contribution is 0.0757. The van der Waals surface area contributed by atoms with E-state index in [2.05, 4.69) is 29.1 Å². The lowest BCUT2D eigenvalue weighted by Crippen LogP contribution is -2.35. The van der Waals surface area contributed by atoms with Gasteiger partial charge in [-0.05, 0) is 51.1 Å². The van der Waals surface area contributed by atoms with Crippen molar-refractivity contribution in [2.24, 2.45) is 0 Å². The van der Waals surface area contributed by atoms with Gasteiger partial charge in [-0.3, -0.25) is 14.8 Å². The summed E-state index contributed by atoms with van der Waals surface area (Å²) < 4.78 is 0. The Morgan fingerprint density at radius 2 is 2.22 bits per heavy atom. The van der Waals surface area contributed by atoms with E-state index < -0.39 is 0 Å². The van der Waals surface area contributed by atoms with E-state index in [1.54, 1.807) is 0 Å². The van der Waals surface area contributed by atoms with E-state index in [1.165, 1.54) is 19.3 Å². The van der Waals surface area contributed by atoms with E-state index in [9.17, 15) is 4.79 Å². The summed E-state index contributed by atoms with van der Waals surface area (Å²) in [6.45, 7) is 5.04. The van der Waals surface area contributed by atoms with Crippen LogP contribution in [0.3, 0.4) is 0 Å². The van der Waals surface area contributed by atoms with Crippen molar-refractivity contribution >= 4 is 17.7 Å². The van der Waals surface area contributed by atoms with Gasteiger partial charge in [0.2, 0.25) is 0 Å². The van der Waals surface area contributed by atoms with E-state index in [0.717, 1.165) is 43.9 Å². The minimum Gasteiger partial charge on any atom is -0.336 e. The van der Waals surface area contributed by atoms with Crippen molar-refractivity contribution in [3.05, 3.63) is 17.5 Å². The van der Waals surface area contributed by atoms with Crippen molar-refractivity contribution < 1.29 is 4.79 Å². The van der Waals surface area contributed by atoms with Crippen LogP contribution < -0.4 is 0 Å². The quantitative estimate of drug-likeness (QED) is 0.918. The van der Waals surface area contributed by atoms with Gasteiger partial charge < -0.3 is 4.90 Å². The molecule has 2 atom stereocenters. The summed E-state index contributed by atoms with van der Waals surface area (Å²) in [5.74, 6) is 1.21. The number of carbonyl (C=O) groups excluding carboxylic acids is 1. The predicted octanol–water partition coefficient (Wildman–Crippen LogP) is 2.92. The predicted molar refractivity (Wildman–Crippen MR) is 94.9 cm³/mol. The third kappa shape index (κ3) is 3.91. The second-order valence-corrected chi connectivity index (χ2v) is 8.25. The maximum absolute atomic E-state index is 12.8. The van der Waals surface area contributed by atoms with Crippen LogP contribution in [0, 0.1) is 0 Å². The van der Waals surface area contributed by atoms with Gasteiger partial charge >= 0.3 is 0 Å². The second kappa shape index (κ2) is 7.71. The summed E-state index contributed by atoms with van der Waals surface area (Å²) in [6, 6.07) is 2.36. The molecule has 2 aliphatic rings. The summed E-state index contributed by atoms with van der Waals surface area (Å²) in [5, 5.41) is 8.00. The molecule has 0 bridgehead atoms. The molecule has 1 amide bonds. The number of carbonyl (C=O) groups is 1. The topological polar surface area (TPSA) is 52.2 Å². The Hall–Kier alpha value is -1.01. The first kappa shape index (κ1) is 16.8. The van der Waals surface area contributed by atoms with Crippen LogP contribution >= 0.6 is 11.8 Å². The molecule has 0 saturated carbocycles. The first-order chi connectivity index (χ1) is 11.2. The minimum absolute atomic E-state index is 0.0942. The number of aromatic amines is 1. The molecule has 2 fully saturated rings. The van der Waals surface area contributed by atoms with Crippen LogP contribution in [0.2, 0.25) is 0 Å². The van der Waals surface area contributed by atoms with Crippen LogP contribution in [0.1, 0.15) is 61.3 Å². The number of rotatable bonds is 4. The second-order valence-electron chi connectivity index (χ2n) is 6.67. The highest BCUT2D eigenvalue weighted by molar-refractivity contribution is 7.99. The van der Waals surface area contributed by atoms with Crippen molar-refractivity contribution in [3.8, 4) is 0 Å². The fraction of sp³-hybridized carbons (Fsp3) is 0.765. The van der Waals surface area contributed by atoms with Gasteiger partial charge in [-0.1, -0.05) is 13.3 Å². The molecule has 0 aromatic carbocycles. The molecule has 1 aromatic heterocycles. The molecular formula is C17H28N4OS. The largest absolute Gasteiger partial charge is 0.336 e. The number of hydrogen-bond donors (Lipinski definition) is 1. The summed E-state index contributed by atoms with van der Waals surface area (Å²) >= 11 is 1.98. The van der Waals surface area contributed by atoms with Crippen LogP contribution in [-0.4, -0.2) is 63.6 Å². The molecule has 0 radical (unpaired) electrons. The summed E-state index contributed by atoms with van der Waals surface area (Å²) in [6.07, 6.45) is 5.91. The fourth-order valence-corrected chi connectivity index (χ4v) is 4.83. The van der Waals surface area contributed by atoms with Crippen molar-refractivity contribution in [2.45, 2.75) is 50.3 Å². The maximum atomic E-state index is 12.8. The maximum Gasteiger partial charge on any atom is 0.274 e. The SMILES string of the molecule is CCSC1CCCCN(C(=O)c2cc(C3CCCN3C)[nH]n2)C1. The molecule has 5 nitrogen and oxygen atoms in total. The Bertz CT molecular complexity index is 532. The number of hydrogen-bond acceptors (Lipinski definition) is 4. The van der Waals surface area contributed by atoms with Crippen LogP contribution in [0.5, 0.6) is 0 Å². The molecule has 1 N–H and O–H groups in total. The van der Waals surface area contributed by atoms with Gasteiger partial charge in [0.1, 0.15) is 5.69 Å². The monoisotopic (exact) mass is 336 g/mol. The number of aromatic nitrogens is 2. The van der Waals surface area contributed by atoms with E-state index >= 15 is 0 Å². The lowest BCUT2D eigenvalue weighted by atomic mass is 10.1. The standard InChI is InChI=1S/C17H28N4OS/c1-3-23-13-7-4-5-10-21(12-13)17(22)15-11-14(18-19-15)16-8-6-9-20(16)2/h11,13,16H,3-10,12H2,1-2H3,(H,18,19). The van der Waals surface area contributed by atoms with Gasteiger partial charge in [0, 0.05) is 18.3 Å². The summed E-state index contributed by atoms with van der Waals surface area (Å²) in [5.41, 5.74) is 1.67. The highest BCUT2D eigenvalue weighted by Crippen LogP contribution is 2.29. The Morgan fingerprint density at radius 1 is 1.35 bits per heavy atom. The van der Waals surface area contributed by atoms with Gasteiger partial charge in [-0.15, -0.1) is 0 Å². The molecular weight excluding hydrogens is 308 g/mol. The van der Waals surface area contributed by atoms with Crippen molar-refractivity contribution in [1.82, 2.24) is 20.0 Å². The Morgan fingerprint density at radius 3 is 2.96 bits per heavy atom. The average Bonchev–Trinajstić information content (AvgIpc) is 3.11. The molecule has 3 rings (SSSR count). The Labute approximate surface area is 143 Å². The number of nitrogens with one attached hydrogen (secondary N) is 1. The van der Waals surface area contributed by atoms with Crippen molar-refractivity contribution in [3.63, 3.8) is 0 Å². The van der Waals surface area contributed by atoms with Gasteiger partial charge in [0.05, 0.1) is 11.7 Å². The van der Waals surface area contributed by atoms with Crippen LogP contribution in [0.4, 0.5) is 0 Å². The van der Waals surface area contributed by atoms with E-state index in [-0.39, 0.29) is 5.91 Å². The van der Waals surface area contributed by atoms with Crippen LogP contribution in [0.15, 0.2) is 6.07 Å². The zero-order valence-corrected chi connectivity index (χ0v) is 15.1. The summed E-state index contributed by atoms with van der Waals surface area (Å²) in [7, 11) is 2.14. The molecule has 2 saturated heterocycles. The van der Waals surface area contributed by atoms with Gasteiger partial charge in [-0.2, -0.15) is 16.9 Å². The highest BCUT2D eigenvalue weighted by Gasteiger charge is 2.28. The normalized spacial score (nSPS) is 26.4. The van der Waals surface area contributed by atoms with Crippen molar-refractivity contribution in [1.29, 1.82) is 0 Å². The third-order valence-corrected chi connectivity index (χ3v) is 6.20.